The summed E-state index contributed by atoms with van der Waals surface area (Å²) < 4.78 is 6.79. The van der Waals surface area contributed by atoms with Crippen LogP contribution in [0.25, 0.3) is 0 Å². The van der Waals surface area contributed by atoms with Crippen LogP contribution in [0.1, 0.15) is 29.7 Å². The van der Waals surface area contributed by atoms with Crippen molar-refractivity contribution in [1.29, 1.82) is 0 Å². The Hall–Kier alpha value is -2.59. The maximum atomic E-state index is 12.6. The summed E-state index contributed by atoms with van der Waals surface area (Å²) >= 11 is 3.47. The Kier molecular flexibility index (Phi) is 6.66. The van der Waals surface area contributed by atoms with E-state index in [1.807, 2.05) is 78.9 Å². The highest BCUT2D eigenvalue weighted by atomic mass is 79.9. The topological polar surface area (TPSA) is 38.3 Å². The first-order valence-electron chi connectivity index (χ1n) is 8.98. The van der Waals surface area contributed by atoms with Crippen molar-refractivity contribution in [3.8, 4) is 5.75 Å². The van der Waals surface area contributed by atoms with Crippen molar-refractivity contribution in [2.45, 2.75) is 19.4 Å². The second-order valence-electron chi connectivity index (χ2n) is 6.22. The van der Waals surface area contributed by atoms with Crippen molar-refractivity contribution in [3.05, 3.63) is 100 Å². The van der Waals surface area contributed by atoms with Crippen LogP contribution in [-0.4, -0.2) is 12.5 Å². The number of hydrogen-bond acceptors (Lipinski definition) is 2. The van der Waals surface area contributed by atoms with E-state index in [9.17, 15) is 4.79 Å². The molecule has 27 heavy (non-hydrogen) atoms. The Morgan fingerprint density at radius 2 is 1.56 bits per heavy atom. The predicted molar refractivity (Wildman–Crippen MR) is 112 cm³/mol. The minimum Gasteiger partial charge on any atom is -0.483 e. The molecule has 0 radical (unpaired) electrons. The van der Waals surface area contributed by atoms with Crippen LogP contribution in [0.4, 0.5) is 0 Å². The first kappa shape index (κ1) is 19.2. The Balaban J connectivity index is 1.72. The van der Waals surface area contributed by atoms with E-state index in [1.165, 1.54) is 0 Å². The van der Waals surface area contributed by atoms with Gasteiger partial charge in [-0.3, -0.25) is 4.79 Å². The summed E-state index contributed by atoms with van der Waals surface area (Å²) in [5.74, 6) is 0.588. The van der Waals surface area contributed by atoms with Crippen molar-refractivity contribution < 1.29 is 9.53 Å². The maximum Gasteiger partial charge on any atom is 0.258 e. The zero-order chi connectivity index (χ0) is 19.1. The number of hydrogen-bond donors (Lipinski definition) is 1. The molecule has 0 aliphatic rings. The minimum absolute atomic E-state index is 0.0230. The molecule has 0 saturated heterocycles. The van der Waals surface area contributed by atoms with E-state index < -0.39 is 0 Å². The van der Waals surface area contributed by atoms with Crippen LogP contribution >= 0.6 is 15.9 Å². The molecule has 0 aliphatic carbocycles. The summed E-state index contributed by atoms with van der Waals surface area (Å²) in [5.41, 5.74) is 3.14. The first-order chi connectivity index (χ1) is 13.2. The molecular weight excluding hydrogens is 402 g/mol. The van der Waals surface area contributed by atoms with E-state index in [0.29, 0.717) is 0 Å². The number of halogens is 1. The highest BCUT2D eigenvalue weighted by molar-refractivity contribution is 9.10. The number of aryl methyl sites for hydroxylation is 1. The summed E-state index contributed by atoms with van der Waals surface area (Å²) in [6, 6.07) is 25.5. The molecule has 3 aromatic rings. The lowest BCUT2D eigenvalue weighted by atomic mass is 9.99. The largest absolute Gasteiger partial charge is 0.483 e. The Labute approximate surface area is 168 Å². The smallest absolute Gasteiger partial charge is 0.258 e. The molecule has 0 heterocycles. The van der Waals surface area contributed by atoms with Crippen LogP contribution < -0.4 is 10.1 Å². The van der Waals surface area contributed by atoms with Gasteiger partial charge in [-0.1, -0.05) is 83.5 Å². The molecule has 0 spiro atoms. The van der Waals surface area contributed by atoms with E-state index in [0.717, 1.165) is 33.3 Å². The standard InChI is InChI=1S/C23H22BrNO2/c1-2-17-15-20(24)13-14-21(17)27-16-22(26)25-23(18-9-5-3-6-10-18)19-11-7-4-8-12-19/h3-15,23H,2,16H2,1H3,(H,25,26). The number of benzene rings is 3. The monoisotopic (exact) mass is 423 g/mol. The third kappa shape index (κ3) is 5.20. The molecule has 4 heteroatoms. The number of carbonyl (C=O) groups excluding carboxylic acids is 1. The fourth-order valence-electron chi connectivity index (χ4n) is 2.96. The minimum atomic E-state index is -0.209. The summed E-state index contributed by atoms with van der Waals surface area (Å²) in [6.45, 7) is 2.04. The van der Waals surface area contributed by atoms with Gasteiger partial charge in [0.25, 0.3) is 5.91 Å². The van der Waals surface area contributed by atoms with Crippen LogP contribution in [0.15, 0.2) is 83.3 Å². The summed E-state index contributed by atoms with van der Waals surface area (Å²) in [7, 11) is 0. The van der Waals surface area contributed by atoms with Gasteiger partial charge in [0.2, 0.25) is 0 Å². The summed E-state index contributed by atoms with van der Waals surface area (Å²) in [6.07, 6.45) is 0.840. The lowest BCUT2D eigenvalue weighted by molar-refractivity contribution is -0.123. The molecular formula is C23H22BrNO2. The van der Waals surface area contributed by atoms with Gasteiger partial charge in [0.1, 0.15) is 5.75 Å². The lowest BCUT2D eigenvalue weighted by Gasteiger charge is -2.20. The predicted octanol–water partition coefficient (Wildman–Crippen LogP) is 5.30. The Morgan fingerprint density at radius 1 is 0.963 bits per heavy atom. The lowest BCUT2D eigenvalue weighted by Crippen LogP contribution is -2.33. The molecule has 1 N–H and O–H groups in total. The fraction of sp³-hybridized carbons (Fsp3) is 0.174. The molecule has 0 aromatic heterocycles. The van der Waals surface area contributed by atoms with Crippen molar-refractivity contribution in [2.75, 3.05) is 6.61 Å². The van der Waals surface area contributed by atoms with E-state index in [2.05, 4.69) is 28.2 Å². The van der Waals surface area contributed by atoms with Gasteiger partial charge in [0, 0.05) is 4.47 Å². The third-order valence-electron chi connectivity index (χ3n) is 4.33. The van der Waals surface area contributed by atoms with Crippen molar-refractivity contribution in [1.82, 2.24) is 5.32 Å². The second-order valence-corrected chi connectivity index (χ2v) is 7.13. The quantitative estimate of drug-likeness (QED) is 0.559. The van der Waals surface area contributed by atoms with Crippen LogP contribution in [0, 0.1) is 0 Å². The van der Waals surface area contributed by atoms with Gasteiger partial charge < -0.3 is 10.1 Å². The Bertz CT molecular complexity index is 842. The number of amides is 1. The van der Waals surface area contributed by atoms with Crippen LogP contribution in [-0.2, 0) is 11.2 Å². The maximum absolute atomic E-state index is 12.6. The molecule has 138 valence electrons. The molecule has 0 aliphatic heterocycles. The fourth-order valence-corrected chi connectivity index (χ4v) is 3.37. The Morgan fingerprint density at radius 3 is 2.11 bits per heavy atom. The number of ether oxygens (including phenoxy) is 1. The number of nitrogens with one attached hydrogen (secondary N) is 1. The van der Waals surface area contributed by atoms with Gasteiger partial charge in [0.05, 0.1) is 6.04 Å². The molecule has 0 bridgehead atoms. The zero-order valence-corrected chi connectivity index (χ0v) is 16.8. The molecule has 0 fully saturated rings. The average Bonchev–Trinajstić information content (AvgIpc) is 2.72. The van der Waals surface area contributed by atoms with E-state index in [1.54, 1.807) is 0 Å². The SMILES string of the molecule is CCc1cc(Br)ccc1OCC(=O)NC(c1ccccc1)c1ccccc1. The zero-order valence-electron chi connectivity index (χ0n) is 15.2. The summed E-state index contributed by atoms with van der Waals surface area (Å²) in [4.78, 5) is 12.6. The highest BCUT2D eigenvalue weighted by Crippen LogP contribution is 2.24. The van der Waals surface area contributed by atoms with Crippen LogP contribution in [0.2, 0.25) is 0 Å². The first-order valence-corrected chi connectivity index (χ1v) is 9.77. The molecule has 0 unspecified atom stereocenters. The van der Waals surface area contributed by atoms with E-state index >= 15 is 0 Å². The molecule has 0 atom stereocenters. The van der Waals surface area contributed by atoms with E-state index in [-0.39, 0.29) is 18.6 Å². The molecule has 0 saturated carbocycles. The van der Waals surface area contributed by atoms with E-state index in [4.69, 9.17) is 4.74 Å². The van der Waals surface area contributed by atoms with Gasteiger partial charge in [-0.15, -0.1) is 0 Å². The van der Waals surface area contributed by atoms with Crippen molar-refractivity contribution in [2.24, 2.45) is 0 Å². The molecule has 1 amide bonds. The van der Waals surface area contributed by atoms with Crippen molar-refractivity contribution >= 4 is 21.8 Å². The molecule has 3 aromatic carbocycles. The van der Waals surface area contributed by atoms with Crippen molar-refractivity contribution in [3.63, 3.8) is 0 Å². The molecule has 3 nitrogen and oxygen atoms in total. The van der Waals surface area contributed by atoms with Gasteiger partial charge in [0.15, 0.2) is 6.61 Å². The van der Waals surface area contributed by atoms with Crippen LogP contribution in [0.5, 0.6) is 5.75 Å². The van der Waals surface area contributed by atoms with Gasteiger partial charge >= 0.3 is 0 Å². The third-order valence-corrected chi connectivity index (χ3v) is 4.83. The van der Waals surface area contributed by atoms with Crippen LogP contribution in [0.3, 0.4) is 0 Å². The highest BCUT2D eigenvalue weighted by Gasteiger charge is 2.17. The number of carbonyl (C=O) groups is 1. The van der Waals surface area contributed by atoms with Gasteiger partial charge in [-0.2, -0.15) is 0 Å². The van der Waals surface area contributed by atoms with Gasteiger partial charge in [-0.05, 0) is 41.3 Å². The normalized spacial score (nSPS) is 10.6. The summed E-state index contributed by atoms with van der Waals surface area (Å²) in [5, 5.41) is 3.10. The average molecular weight is 424 g/mol. The number of rotatable bonds is 7. The second kappa shape index (κ2) is 9.38. The molecule has 3 rings (SSSR count). The van der Waals surface area contributed by atoms with Gasteiger partial charge in [-0.25, -0.2) is 0 Å².